The van der Waals surface area contributed by atoms with Gasteiger partial charge < -0.3 is 30.0 Å². The van der Waals surface area contributed by atoms with Gasteiger partial charge in [-0.3, -0.25) is 15.0 Å². The molecule has 2 amide bonds. The summed E-state index contributed by atoms with van der Waals surface area (Å²) in [7, 11) is 0. The molecule has 204 valence electrons. The topological polar surface area (TPSA) is 147 Å². The molecule has 0 aromatic heterocycles. The molecule has 10 heteroatoms. The van der Waals surface area contributed by atoms with Crippen LogP contribution < -0.4 is 10.6 Å². The number of rotatable bonds is 17. The first-order chi connectivity index (χ1) is 18.5. The van der Waals surface area contributed by atoms with Crippen molar-refractivity contribution in [3.05, 3.63) is 59.7 Å². The van der Waals surface area contributed by atoms with Gasteiger partial charge in [0.05, 0.1) is 38.6 Å². The molecular weight excluding hydrogens is 490 g/mol. The number of fused-ring (bicyclic) bond motifs is 3. The van der Waals surface area contributed by atoms with Crippen LogP contribution in [0, 0.1) is 5.41 Å². The van der Waals surface area contributed by atoms with E-state index in [2.05, 4.69) is 34.9 Å². The van der Waals surface area contributed by atoms with E-state index in [9.17, 15) is 14.4 Å². The van der Waals surface area contributed by atoms with Gasteiger partial charge in [-0.25, -0.2) is 4.79 Å². The summed E-state index contributed by atoms with van der Waals surface area (Å²) >= 11 is 0. The van der Waals surface area contributed by atoms with Crippen LogP contribution in [0.3, 0.4) is 0 Å². The molecule has 0 heterocycles. The zero-order valence-corrected chi connectivity index (χ0v) is 21.4. The molecule has 1 aliphatic carbocycles. The molecule has 38 heavy (non-hydrogen) atoms. The van der Waals surface area contributed by atoms with Crippen LogP contribution in [0.2, 0.25) is 0 Å². The van der Waals surface area contributed by atoms with Crippen molar-refractivity contribution in [2.75, 3.05) is 46.1 Å². The predicted molar refractivity (Wildman–Crippen MR) is 142 cm³/mol. The quantitative estimate of drug-likeness (QED) is 0.183. The van der Waals surface area contributed by atoms with Gasteiger partial charge in [0.2, 0.25) is 0 Å². The van der Waals surface area contributed by atoms with Crippen LogP contribution in [-0.2, 0) is 23.8 Å². The molecule has 0 aliphatic heterocycles. The van der Waals surface area contributed by atoms with Crippen LogP contribution in [0.1, 0.15) is 42.7 Å². The van der Waals surface area contributed by atoms with E-state index in [1.54, 1.807) is 0 Å². The molecule has 0 atom stereocenters. The summed E-state index contributed by atoms with van der Waals surface area (Å²) in [5, 5.41) is 21.7. The van der Waals surface area contributed by atoms with E-state index >= 15 is 0 Å². The van der Waals surface area contributed by atoms with E-state index in [4.69, 9.17) is 24.7 Å². The van der Waals surface area contributed by atoms with E-state index in [1.165, 1.54) is 11.1 Å². The molecule has 2 aromatic carbocycles. The Kier molecular flexibility index (Phi) is 11.7. The smallest absolute Gasteiger partial charge is 0.407 e. The number of hydrogen-bond acceptors (Lipinski definition) is 7. The summed E-state index contributed by atoms with van der Waals surface area (Å²) < 4.78 is 15.9. The lowest BCUT2D eigenvalue weighted by molar-refractivity contribution is -0.138. The number of amides is 2. The maximum Gasteiger partial charge on any atom is 0.407 e. The number of benzene rings is 2. The summed E-state index contributed by atoms with van der Waals surface area (Å²) in [6, 6.07) is 16.3. The van der Waals surface area contributed by atoms with Gasteiger partial charge in [0, 0.05) is 19.0 Å². The van der Waals surface area contributed by atoms with E-state index in [-0.39, 0.29) is 51.0 Å². The molecule has 0 bridgehead atoms. The third-order valence-corrected chi connectivity index (χ3v) is 6.10. The van der Waals surface area contributed by atoms with Gasteiger partial charge in [0.1, 0.15) is 6.61 Å². The van der Waals surface area contributed by atoms with Gasteiger partial charge in [0.15, 0.2) is 0 Å². The summed E-state index contributed by atoms with van der Waals surface area (Å²) in [5.41, 5.74) is 4.65. The number of ether oxygens (including phenoxy) is 3. The molecule has 0 saturated heterocycles. The molecule has 0 unspecified atom stereocenters. The number of hydrogen-bond donors (Lipinski definition) is 4. The van der Waals surface area contributed by atoms with Gasteiger partial charge in [-0.05, 0) is 41.5 Å². The standard InChI is InChI=1S/C28H35N3O7/c29-25(27(34)30-14-16-37-18-17-36-15-12-26(32)33)11-5-6-13-31-28(35)38-19-24-22-9-3-1-7-20(22)21-8-2-4-10-23(21)24/h1-4,7-10,24,29H,5-6,11-19H2,(H,30,34)(H,31,35)(H,32,33). The number of aliphatic carboxylic acids is 1. The second-order valence-corrected chi connectivity index (χ2v) is 8.81. The fraction of sp³-hybridized carbons (Fsp3) is 0.429. The van der Waals surface area contributed by atoms with Crippen molar-refractivity contribution in [1.82, 2.24) is 10.6 Å². The van der Waals surface area contributed by atoms with E-state index in [1.807, 2.05) is 24.3 Å². The minimum Gasteiger partial charge on any atom is -0.481 e. The van der Waals surface area contributed by atoms with Crippen LogP contribution in [0.15, 0.2) is 48.5 Å². The van der Waals surface area contributed by atoms with E-state index in [0.717, 1.165) is 11.1 Å². The Bertz CT molecular complexity index is 1060. The van der Waals surface area contributed by atoms with Crippen molar-refractivity contribution < 1.29 is 33.7 Å². The second kappa shape index (κ2) is 15.5. The first-order valence-corrected chi connectivity index (χ1v) is 12.8. The van der Waals surface area contributed by atoms with Crippen molar-refractivity contribution in [2.45, 2.75) is 31.6 Å². The molecular formula is C28H35N3O7. The van der Waals surface area contributed by atoms with Crippen molar-refractivity contribution in [3.63, 3.8) is 0 Å². The predicted octanol–water partition coefficient (Wildman–Crippen LogP) is 3.34. The SMILES string of the molecule is N=C(CCCCNC(=O)OCC1c2ccccc2-c2ccccc21)C(=O)NCCOCCOCCC(=O)O. The van der Waals surface area contributed by atoms with Crippen LogP contribution in [0.5, 0.6) is 0 Å². The average molecular weight is 526 g/mol. The Morgan fingerprint density at radius 1 is 0.789 bits per heavy atom. The largest absolute Gasteiger partial charge is 0.481 e. The summed E-state index contributed by atoms with van der Waals surface area (Å²) in [4.78, 5) is 34.6. The molecule has 1 aliphatic rings. The van der Waals surface area contributed by atoms with Crippen molar-refractivity contribution in [2.24, 2.45) is 0 Å². The van der Waals surface area contributed by atoms with Crippen molar-refractivity contribution >= 4 is 23.7 Å². The number of carboxylic acid groups (broad SMARTS) is 1. The van der Waals surface area contributed by atoms with Gasteiger partial charge in [-0.1, -0.05) is 48.5 Å². The van der Waals surface area contributed by atoms with E-state index in [0.29, 0.717) is 32.4 Å². The molecule has 2 aromatic rings. The second-order valence-electron chi connectivity index (χ2n) is 8.81. The van der Waals surface area contributed by atoms with Crippen LogP contribution in [0.4, 0.5) is 4.79 Å². The molecule has 0 radical (unpaired) electrons. The first-order valence-electron chi connectivity index (χ1n) is 12.8. The maximum atomic E-state index is 12.2. The molecule has 0 spiro atoms. The molecule has 0 saturated carbocycles. The zero-order valence-electron chi connectivity index (χ0n) is 21.4. The van der Waals surface area contributed by atoms with Gasteiger partial charge in [-0.15, -0.1) is 0 Å². The van der Waals surface area contributed by atoms with Gasteiger partial charge in [0.25, 0.3) is 5.91 Å². The first kappa shape index (κ1) is 28.8. The van der Waals surface area contributed by atoms with Crippen LogP contribution >= 0.6 is 0 Å². The van der Waals surface area contributed by atoms with Crippen LogP contribution in [-0.4, -0.2) is 74.9 Å². The Morgan fingerprint density at radius 3 is 2.08 bits per heavy atom. The van der Waals surface area contributed by atoms with Gasteiger partial charge in [-0.2, -0.15) is 0 Å². The Hall–Kier alpha value is -3.76. The van der Waals surface area contributed by atoms with Gasteiger partial charge >= 0.3 is 12.1 Å². The number of carboxylic acids is 1. The van der Waals surface area contributed by atoms with Crippen molar-refractivity contribution in [1.29, 1.82) is 5.41 Å². The summed E-state index contributed by atoms with van der Waals surface area (Å²) in [6.45, 7) is 1.89. The Labute approximate surface area is 222 Å². The lowest BCUT2D eigenvalue weighted by atomic mass is 9.98. The third-order valence-electron chi connectivity index (χ3n) is 6.10. The highest BCUT2D eigenvalue weighted by Crippen LogP contribution is 2.44. The monoisotopic (exact) mass is 525 g/mol. The van der Waals surface area contributed by atoms with E-state index < -0.39 is 18.0 Å². The summed E-state index contributed by atoms with van der Waals surface area (Å²) in [5.74, 6) is -1.35. The minimum absolute atomic E-state index is 0.00897. The molecule has 10 nitrogen and oxygen atoms in total. The fourth-order valence-electron chi connectivity index (χ4n) is 4.21. The van der Waals surface area contributed by atoms with Crippen molar-refractivity contribution in [3.8, 4) is 11.1 Å². The highest BCUT2D eigenvalue weighted by Gasteiger charge is 2.28. The number of carbonyl (C=O) groups excluding carboxylic acids is 2. The molecule has 4 N–H and O–H groups in total. The number of nitrogens with one attached hydrogen (secondary N) is 3. The fourth-order valence-corrected chi connectivity index (χ4v) is 4.21. The number of alkyl carbamates (subject to hydrolysis) is 1. The average Bonchev–Trinajstić information content (AvgIpc) is 3.24. The highest BCUT2D eigenvalue weighted by molar-refractivity contribution is 6.37. The van der Waals surface area contributed by atoms with Crippen LogP contribution in [0.25, 0.3) is 11.1 Å². The summed E-state index contributed by atoms with van der Waals surface area (Å²) in [6.07, 6.45) is 0.970. The zero-order chi connectivity index (χ0) is 27.2. The molecule has 0 fully saturated rings. The normalized spacial score (nSPS) is 11.9. The Morgan fingerprint density at radius 2 is 1.42 bits per heavy atom. The number of unbranched alkanes of at least 4 members (excludes halogenated alkanes) is 1. The minimum atomic E-state index is -0.914. The third kappa shape index (κ3) is 8.97. The molecule has 3 rings (SSSR count). The number of carbonyl (C=O) groups is 3. The Balaban J connectivity index is 1.22. The highest BCUT2D eigenvalue weighted by atomic mass is 16.5. The lowest BCUT2D eigenvalue weighted by Crippen LogP contribution is -2.33. The maximum absolute atomic E-state index is 12.2. The lowest BCUT2D eigenvalue weighted by Gasteiger charge is -2.14.